The molecule has 0 saturated heterocycles. The van der Waals surface area contributed by atoms with Crippen molar-refractivity contribution in [3.63, 3.8) is 0 Å². The van der Waals surface area contributed by atoms with Crippen LogP contribution in [0.2, 0.25) is 0 Å². The maximum atomic E-state index is 13.1. The van der Waals surface area contributed by atoms with Gasteiger partial charge in [0, 0.05) is 6.66 Å². The Kier molecular flexibility index (Phi) is 7.17. The van der Waals surface area contributed by atoms with E-state index in [1.165, 1.54) is 6.66 Å². The van der Waals surface area contributed by atoms with Crippen LogP contribution in [-0.2, 0) is 32.1 Å². The molecule has 1 aromatic rings. The summed E-state index contributed by atoms with van der Waals surface area (Å²) < 4.78 is 49.0. The summed E-state index contributed by atoms with van der Waals surface area (Å²) in [5.74, 6) is -0.159. The molecule has 0 aromatic heterocycles. The average molecular weight is 464 g/mol. The average Bonchev–Trinajstić information content (AvgIpc) is 2.83. The first-order valence-corrected chi connectivity index (χ1v) is 12.9. The van der Waals surface area contributed by atoms with Crippen LogP contribution in [0.5, 0.6) is 0 Å². The maximum Gasteiger partial charge on any atom is 0.412 e. The number of rotatable bonds is 7. The van der Waals surface area contributed by atoms with Gasteiger partial charge < -0.3 is 14.4 Å². The molecular formula is C21H29F3NO3PS. The van der Waals surface area contributed by atoms with E-state index in [1.54, 1.807) is 6.92 Å². The molecule has 2 rings (SSSR count). The Morgan fingerprint density at radius 3 is 2.37 bits per heavy atom. The molecule has 1 aromatic carbocycles. The topological polar surface area (TPSA) is 47.6 Å². The summed E-state index contributed by atoms with van der Waals surface area (Å²) in [5, 5.41) is 2.97. The number of hydrogen-bond acceptors (Lipinski definition) is 4. The predicted octanol–water partition coefficient (Wildman–Crippen LogP) is 5.66. The van der Waals surface area contributed by atoms with E-state index in [0.29, 0.717) is 12.0 Å². The smallest absolute Gasteiger partial charge is 0.412 e. The van der Waals surface area contributed by atoms with Crippen LogP contribution < -0.4 is 5.32 Å². The molecule has 0 fully saturated rings. The summed E-state index contributed by atoms with van der Waals surface area (Å²) in [6.45, 7) is 8.02. The summed E-state index contributed by atoms with van der Waals surface area (Å²) in [4.78, 5) is 13.1. The molecule has 0 bridgehead atoms. The van der Waals surface area contributed by atoms with Gasteiger partial charge in [0.25, 0.3) is 5.91 Å². The fourth-order valence-corrected chi connectivity index (χ4v) is 4.99. The highest BCUT2D eigenvalue weighted by atomic mass is 32.5. The van der Waals surface area contributed by atoms with Crippen molar-refractivity contribution in [2.24, 2.45) is 5.92 Å². The van der Waals surface area contributed by atoms with Crippen molar-refractivity contribution in [2.45, 2.75) is 59.7 Å². The van der Waals surface area contributed by atoms with E-state index in [0.717, 1.165) is 22.3 Å². The first-order valence-electron chi connectivity index (χ1n) is 9.77. The van der Waals surface area contributed by atoms with E-state index < -0.39 is 24.8 Å². The van der Waals surface area contributed by atoms with Crippen LogP contribution in [0.1, 0.15) is 49.9 Å². The van der Waals surface area contributed by atoms with Gasteiger partial charge in [0.2, 0.25) is 6.49 Å². The third-order valence-corrected chi connectivity index (χ3v) is 7.02. The highest BCUT2D eigenvalue weighted by Crippen LogP contribution is 2.53. The van der Waals surface area contributed by atoms with Crippen molar-refractivity contribution in [2.75, 3.05) is 13.3 Å². The highest BCUT2D eigenvalue weighted by Gasteiger charge is 2.48. The normalized spacial score (nSPS) is 21.8. The Balaban J connectivity index is 2.69. The first-order chi connectivity index (χ1) is 13.6. The lowest BCUT2D eigenvalue weighted by molar-refractivity contribution is -0.153. The minimum absolute atomic E-state index is 0.0950. The number of benzene rings is 1. The number of halogens is 3. The highest BCUT2D eigenvalue weighted by molar-refractivity contribution is 8.09. The molecule has 30 heavy (non-hydrogen) atoms. The van der Waals surface area contributed by atoms with E-state index in [1.807, 2.05) is 46.8 Å². The molecule has 168 valence electrons. The fraction of sp³-hybridized carbons (Fsp3) is 0.571. The fourth-order valence-electron chi connectivity index (χ4n) is 3.57. The van der Waals surface area contributed by atoms with Gasteiger partial charge in [0.1, 0.15) is 5.76 Å². The molecule has 1 amide bonds. The number of carbonyl (C=O) groups excluding carboxylic acids is 1. The number of nitrogens with one attached hydrogen (secondary N) is 1. The van der Waals surface area contributed by atoms with Gasteiger partial charge in [-0.3, -0.25) is 4.79 Å². The third kappa shape index (κ3) is 5.27. The minimum atomic E-state index is -4.52. The number of amides is 1. The van der Waals surface area contributed by atoms with Crippen LogP contribution >= 0.6 is 6.49 Å². The monoisotopic (exact) mass is 463 g/mol. The summed E-state index contributed by atoms with van der Waals surface area (Å²) in [6, 6.07) is 3.98. The third-order valence-electron chi connectivity index (χ3n) is 5.37. The molecule has 2 unspecified atom stereocenters. The second-order valence-electron chi connectivity index (χ2n) is 8.24. The minimum Gasteiger partial charge on any atom is -0.445 e. The molecule has 0 spiro atoms. The van der Waals surface area contributed by atoms with Gasteiger partial charge >= 0.3 is 6.18 Å². The zero-order valence-electron chi connectivity index (χ0n) is 18.4. The summed E-state index contributed by atoms with van der Waals surface area (Å²) in [6.07, 6.45) is -3.83. The molecule has 1 aliphatic heterocycles. The van der Waals surface area contributed by atoms with Gasteiger partial charge in [-0.1, -0.05) is 38.5 Å². The maximum absolute atomic E-state index is 13.1. The lowest BCUT2D eigenvalue weighted by atomic mass is 9.85. The van der Waals surface area contributed by atoms with Crippen LogP contribution in [-0.4, -0.2) is 30.9 Å². The van der Waals surface area contributed by atoms with E-state index in [4.69, 9.17) is 20.9 Å². The largest absolute Gasteiger partial charge is 0.445 e. The van der Waals surface area contributed by atoms with Crippen LogP contribution in [0.3, 0.4) is 0 Å². The Morgan fingerprint density at radius 1 is 1.27 bits per heavy atom. The second kappa shape index (κ2) is 8.64. The molecular weight excluding hydrogens is 434 g/mol. The summed E-state index contributed by atoms with van der Waals surface area (Å²) in [5.41, 5.74) is 3.07. The van der Waals surface area contributed by atoms with Crippen molar-refractivity contribution in [3.8, 4) is 0 Å². The summed E-state index contributed by atoms with van der Waals surface area (Å²) in [7, 11) is 0. The van der Waals surface area contributed by atoms with Crippen LogP contribution in [0.4, 0.5) is 13.2 Å². The molecule has 0 aliphatic carbocycles. The van der Waals surface area contributed by atoms with Gasteiger partial charge in [-0.05, 0) is 61.6 Å². The van der Waals surface area contributed by atoms with E-state index in [-0.39, 0.29) is 17.6 Å². The van der Waals surface area contributed by atoms with Crippen molar-refractivity contribution in [3.05, 3.63) is 40.1 Å². The van der Waals surface area contributed by atoms with Crippen LogP contribution in [0.15, 0.2) is 17.9 Å². The van der Waals surface area contributed by atoms with Crippen molar-refractivity contribution in [1.29, 1.82) is 0 Å². The molecule has 9 heteroatoms. The molecule has 4 nitrogen and oxygen atoms in total. The number of aryl methyl sites for hydroxylation is 3. The van der Waals surface area contributed by atoms with Gasteiger partial charge in [0.05, 0.1) is 11.1 Å². The predicted molar refractivity (Wildman–Crippen MR) is 117 cm³/mol. The molecule has 1 N–H and O–H groups in total. The lowest BCUT2D eigenvalue weighted by Gasteiger charge is -2.34. The molecule has 1 aliphatic rings. The Bertz CT molecular complexity index is 927. The van der Waals surface area contributed by atoms with Gasteiger partial charge in [-0.15, -0.1) is 0 Å². The van der Waals surface area contributed by atoms with Gasteiger partial charge in [-0.2, -0.15) is 13.2 Å². The number of hydrogen-bond donors (Lipinski definition) is 1. The van der Waals surface area contributed by atoms with E-state index in [2.05, 4.69) is 5.32 Å². The first kappa shape index (κ1) is 24.9. The van der Waals surface area contributed by atoms with Crippen molar-refractivity contribution in [1.82, 2.24) is 5.32 Å². The standard InChI is InChI=1S/C21H29F3NO3PS/c1-8-15-10-13(4)9-14(5)16(15)17-18(20(6,12(2)3)25-19(17)26)28-29(7,30)27-11-21(22,23)24/h9-10,12H,8,11H2,1-7H3,(H,25,26). The quantitative estimate of drug-likeness (QED) is 0.531. The Hall–Kier alpha value is -1.37. The number of alkyl halides is 3. The molecule has 0 radical (unpaired) electrons. The zero-order chi connectivity index (χ0) is 23.1. The van der Waals surface area contributed by atoms with Gasteiger partial charge in [0.15, 0.2) is 6.61 Å². The zero-order valence-corrected chi connectivity index (χ0v) is 20.1. The Labute approximate surface area is 181 Å². The second-order valence-corrected chi connectivity index (χ2v) is 12.2. The van der Waals surface area contributed by atoms with Crippen molar-refractivity contribution < 1.29 is 27.0 Å². The lowest BCUT2D eigenvalue weighted by Crippen LogP contribution is -2.46. The molecule has 0 saturated carbocycles. The Morgan fingerprint density at radius 2 is 1.87 bits per heavy atom. The molecule has 2 atom stereocenters. The van der Waals surface area contributed by atoms with Crippen LogP contribution in [0, 0.1) is 19.8 Å². The van der Waals surface area contributed by atoms with E-state index >= 15 is 0 Å². The van der Waals surface area contributed by atoms with Gasteiger partial charge in [-0.25, -0.2) is 0 Å². The van der Waals surface area contributed by atoms with Crippen molar-refractivity contribution >= 4 is 29.8 Å². The molecule has 1 heterocycles. The number of carbonyl (C=O) groups is 1. The van der Waals surface area contributed by atoms with E-state index in [9.17, 15) is 18.0 Å². The summed E-state index contributed by atoms with van der Waals surface area (Å²) >= 11 is 5.29. The van der Waals surface area contributed by atoms with Crippen LogP contribution in [0.25, 0.3) is 5.57 Å². The SMILES string of the molecule is CCc1cc(C)cc(C)c1C1=C(OP(C)(=S)OCC(F)(F)F)C(C)(C(C)C)NC1=O.